The Labute approximate surface area is 126 Å². The summed E-state index contributed by atoms with van der Waals surface area (Å²) >= 11 is 0. The summed E-state index contributed by atoms with van der Waals surface area (Å²) in [4.78, 5) is 19.3. The van der Waals surface area contributed by atoms with E-state index in [0.717, 1.165) is 19.5 Å². The number of carbonyl (C=O) groups is 1. The number of carbonyl (C=O) groups excluding carboxylic acids is 1. The van der Waals surface area contributed by atoms with Crippen LogP contribution in [-0.4, -0.2) is 54.1 Å². The zero-order chi connectivity index (χ0) is 15.3. The fourth-order valence-electron chi connectivity index (χ4n) is 2.68. The molecule has 116 valence electrons. The number of hydrogen-bond acceptors (Lipinski definition) is 5. The number of ketones is 1. The van der Waals surface area contributed by atoms with Crippen molar-refractivity contribution in [2.24, 2.45) is 0 Å². The van der Waals surface area contributed by atoms with Gasteiger partial charge in [0.05, 0.1) is 31.6 Å². The molecule has 1 aliphatic rings. The topological polar surface area (TPSA) is 51.7 Å². The maximum absolute atomic E-state index is 13.0. The summed E-state index contributed by atoms with van der Waals surface area (Å²) < 4.78 is 10.8. The van der Waals surface area contributed by atoms with Gasteiger partial charge in [0.2, 0.25) is 0 Å². The van der Waals surface area contributed by atoms with Gasteiger partial charge in [-0.15, -0.1) is 0 Å². The van der Waals surface area contributed by atoms with Crippen molar-refractivity contribution in [3.05, 3.63) is 24.0 Å². The van der Waals surface area contributed by atoms with Crippen LogP contribution in [0.25, 0.3) is 0 Å². The van der Waals surface area contributed by atoms with Crippen LogP contribution in [0.1, 0.15) is 37.6 Å². The second-order valence-electron chi connectivity index (χ2n) is 5.40. The summed E-state index contributed by atoms with van der Waals surface area (Å²) in [5, 5.41) is 0. The van der Waals surface area contributed by atoms with Crippen molar-refractivity contribution in [2.75, 3.05) is 32.9 Å². The Balaban J connectivity index is 2.24. The SMILES string of the molecule is CCOc1cncc(C(=O)C(C)(CC)N2CCOCC2)c1. The Morgan fingerprint density at radius 2 is 2.10 bits per heavy atom. The van der Waals surface area contributed by atoms with Gasteiger partial charge in [-0.05, 0) is 26.3 Å². The fraction of sp³-hybridized carbons (Fsp3) is 0.625. The van der Waals surface area contributed by atoms with Crippen LogP contribution in [-0.2, 0) is 4.74 Å². The van der Waals surface area contributed by atoms with Crippen LogP contribution in [0, 0.1) is 0 Å². The Kier molecular flexibility index (Phi) is 5.31. The fourth-order valence-corrected chi connectivity index (χ4v) is 2.68. The van der Waals surface area contributed by atoms with Crippen molar-refractivity contribution in [2.45, 2.75) is 32.7 Å². The molecule has 2 rings (SSSR count). The summed E-state index contributed by atoms with van der Waals surface area (Å²) in [5.41, 5.74) is 0.0906. The second kappa shape index (κ2) is 7.00. The number of nitrogens with zero attached hydrogens (tertiary/aromatic N) is 2. The molecule has 5 nitrogen and oxygen atoms in total. The molecule has 0 aliphatic carbocycles. The monoisotopic (exact) mass is 292 g/mol. The van der Waals surface area contributed by atoms with E-state index in [2.05, 4.69) is 9.88 Å². The molecule has 1 fully saturated rings. The predicted octanol–water partition coefficient (Wildman–Crippen LogP) is 2.16. The van der Waals surface area contributed by atoms with Gasteiger partial charge in [-0.3, -0.25) is 14.7 Å². The molecule has 0 saturated carbocycles. The number of hydrogen-bond donors (Lipinski definition) is 0. The first-order valence-electron chi connectivity index (χ1n) is 7.57. The average molecular weight is 292 g/mol. The summed E-state index contributed by atoms with van der Waals surface area (Å²) in [6.07, 6.45) is 4.02. The van der Waals surface area contributed by atoms with Crippen LogP contribution >= 0.6 is 0 Å². The zero-order valence-electron chi connectivity index (χ0n) is 13.1. The largest absolute Gasteiger partial charge is 0.492 e. The minimum Gasteiger partial charge on any atom is -0.492 e. The van der Waals surface area contributed by atoms with Crippen LogP contribution in [0.2, 0.25) is 0 Å². The highest BCUT2D eigenvalue weighted by atomic mass is 16.5. The molecule has 0 amide bonds. The van der Waals surface area contributed by atoms with Gasteiger partial charge in [0.25, 0.3) is 0 Å². The van der Waals surface area contributed by atoms with Gasteiger partial charge >= 0.3 is 0 Å². The lowest BCUT2D eigenvalue weighted by Crippen LogP contribution is -2.56. The number of ether oxygens (including phenoxy) is 2. The van der Waals surface area contributed by atoms with E-state index >= 15 is 0 Å². The second-order valence-corrected chi connectivity index (χ2v) is 5.40. The van der Waals surface area contributed by atoms with E-state index in [0.29, 0.717) is 31.1 Å². The van der Waals surface area contributed by atoms with Gasteiger partial charge in [-0.25, -0.2) is 0 Å². The molecule has 0 N–H and O–H groups in total. The molecular formula is C16H24N2O3. The molecule has 1 aliphatic heterocycles. The third-order valence-electron chi connectivity index (χ3n) is 4.17. The summed E-state index contributed by atoms with van der Waals surface area (Å²) in [5.74, 6) is 0.740. The maximum atomic E-state index is 13.0. The number of aromatic nitrogens is 1. The van der Waals surface area contributed by atoms with Crippen LogP contribution in [0.4, 0.5) is 0 Å². The smallest absolute Gasteiger partial charge is 0.184 e. The van der Waals surface area contributed by atoms with Gasteiger partial charge in [0, 0.05) is 24.8 Å². The lowest BCUT2D eigenvalue weighted by molar-refractivity contribution is -0.0106. The van der Waals surface area contributed by atoms with Crippen molar-refractivity contribution in [1.29, 1.82) is 0 Å². The van der Waals surface area contributed by atoms with E-state index in [1.165, 1.54) is 0 Å². The normalized spacial score (nSPS) is 19.0. The molecule has 0 spiro atoms. The van der Waals surface area contributed by atoms with Crippen molar-refractivity contribution in [1.82, 2.24) is 9.88 Å². The average Bonchev–Trinajstić information content (AvgIpc) is 2.55. The van der Waals surface area contributed by atoms with E-state index in [1.54, 1.807) is 18.5 Å². The predicted molar refractivity (Wildman–Crippen MR) is 80.8 cm³/mol. The standard InChI is InChI=1S/C16H24N2O3/c1-4-16(3,18-6-8-20-9-7-18)15(19)13-10-14(21-5-2)12-17-11-13/h10-12H,4-9H2,1-3H3. The summed E-state index contributed by atoms with van der Waals surface area (Å²) in [6.45, 7) is 9.47. The number of morpholine rings is 1. The maximum Gasteiger partial charge on any atom is 0.184 e. The van der Waals surface area contributed by atoms with Crippen molar-refractivity contribution in [3.8, 4) is 5.75 Å². The van der Waals surface area contributed by atoms with Gasteiger partial charge in [-0.1, -0.05) is 6.92 Å². The Hall–Kier alpha value is -1.46. The lowest BCUT2D eigenvalue weighted by Gasteiger charge is -2.41. The molecule has 0 bridgehead atoms. The Bertz CT molecular complexity index is 486. The number of Topliss-reactive ketones (excluding diaryl/α,β-unsaturated/α-hetero) is 1. The van der Waals surface area contributed by atoms with E-state index in [-0.39, 0.29) is 5.78 Å². The molecule has 21 heavy (non-hydrogen) atoms. The van der Waals surface area contributed by atoms with Gasteiger partial charge in [0.1, 0.15) is 5.75 Å². The zero-order valence-corrected chi connectivity index (χ0v) is 13.1. The van der Waals surface area contributed by atoms with E-state index in [9.17, 15) is 4.79 Å². The van der Waals surface area contributed by atoms with Crippen molar-refractivity contribution >= 4 is 5.78 Å². The molecule has 0 radical (unpaired) electrons. The minimum absolute atomic E-state index is 0.0981. The molecule has 1 atom stereocenters. The van der Waals surface area contributed by atoms with E-state index in [1.807, 2.05) is 20.8 Å². The van der Waals surface area contributed by atoms with Crippen molar-refractivity contribution in [3.63, 3.8) is 0 Å². The van der Waals surface area contributed by atoms with E-state index in [4.69, 9.17) is 9.47 Å². The molecule has 2 heterocycles. The molecule has 1 unspecified atom stereocenters. The highest BCUT2D eigenvalue weighted by Crippen LogP contribution is 2.26. The Morgan fingerprint density at radius 1 is 1.38 bits per heavy atom. The van der Waals surface area contributed by atoms with Crippen molar-refractivity contribution < 1.29 is 14.3 Å². The molecule has 1 aromatic heterocycles. The number of pyridine rings is 1. The minimum atomic E-state index is -0.518. The van der Waals surface area contributed by atoms with Gasteiger partial charge < -0.3 is 9.47 Å². The molecule has 1 saturated heterocycles. The number of rotatable bonds is 6. The summed E-state index contributed by atoms with van der Waals surface area (Å²) in [6, 6.07) is 1.78. The highest BCUT2D eigenvalue weighted by Gasteiger charge is 2.39. The van der Waals surface area contributed by atoms with Gasteiger partial charge in [0.15, 0.2) is 5.78 Å². The van der Waals surface area contributed by atoms with Gasteiger partial charge in [-0.2, -0.15) is 0 Å². The molecule has 1 aromatic rings. The molecule has 0 aromatic carbocycles. The Morgan fingerprint density at radius 3 is 2.71 bits per heavy atom. The third kappa shape index (κ3) is 3.41. The first-order valence-corrected chi connectivity index (χ1v) is 7.57. The van der Waals surface area contributed by atoms with Crippen LogP contribution in [0.15, 0.2) is 18.5 Å². The lowest BCUT2D eigenvalue weighted by atomic mass is 9.87. The third-order valence-corrected chi connectivity index (χ3v) is 4.17. The van der Waals surface area contributed by atoms with Crippen LogP contribution in [0.3, 0.4) is 0 Å². The highest BCUT2D eigenvalue weighted by molar-refractivity contribution is 6.03. The quantitative estimate of drug-likeness (QED) is 0.752. The first-order chi connectivity index (χ1) is 10.1. The van der Waals surface area contributed by atoms with Crippen LogP contribution < -0.4 is 4.74 Å². The molecular weight excluding hydrogens is 268 g/mol. The summed E-state index contributed by atoms with van der Waals surface area (Å²) in [7, 11) is 0. The molecule has 5 heteroatoms. The van der Waals surface area contributed by atoms with Crippen LogP contribution in [0.5, 0.6) is 5.75 Å². The first kappa shape index (κ1) is 15.9. The van der Waals surface area contributed by atoms with E-state index < -0.39 is 5.54 Å².